The van der Waals surface area contributed by atoms with E-state index < -0.39 is 17.9 Å². The van der Waals surface area contributed by atoms with Crippen LogP contribution in [0, 0.1) is 11.3 Å². The molecule has 21 heavy (non-hydrogen) atoms. The van der Waals surface area contributed by atoms with Crippen molar-refractivity contribution in [3.63, 3.8) is 0 Å². The molecule has 116 valence electrons. The van der Waals surface area contributed by atoms with E-state index in [4.69, 9.17) is 11.6 Å². The van der Waals surface area contributed by atoms with Gasteiger partial charge in [-0.05, 0) is 30.0 Å². The second kappa shape index (κ2) is 7.31. The molecule has 0 aliphatic rings. The van der Waals surface area contributed by atoms with Gasteiger partial charge in [-0.1, -0.05) is 38.4 Å². The maximum atomic E-state index is 11.8. The van der Waals surface area contributed by atoms with Gasteiger partial charge in [-0.25, -0.2) is 4.79 Å². The van der Waals surface area contributed by atoms with Crippen molar-refractivity contribution in [2.45, 2.75) is 27.2 Å². The highest BCUT2D eigenvalue weighted by molar-refractivity contribution is 6.30. The normalized spacial score (nSPS) is 12.6. The molecule has 0 heterocycles. The predicted molar refractivity (Wildman–Crippen MR) is 83.7 cm³/mol. The molecule has 0 aliphatic heterocycles. The van der Waals surface area contributed by atoms with E-state index in [1.54, 1.807) is 24.3 Å². The molecule has 0 aliphatic carbocycles. The van der Waals surface area contributed by atoms with Gasteiger partial charge in [-0.15, -0.1) is 0 Å². The Hall–Kier alpha value is -1.75. The number of carboxylic acid groups (broad SMARTS) is 1. The molecule has 0 aromatic heterocycles. The highest BCUT2D eigenvalue weighted by Gasteiger charge is 2.24. The third-order valence-electron chi connectivity index (χ3n) is 2.80. The van der Waals surface area contributed by atoms with Crippen molar-refractivity contribution in [1.29, 1.82) is 0 Å². The topological polar surface area (TPSA) is 78.4 Å². The number of hydrogen-bond donors (Lipinski definition) is 3. The van der Waals surface area contributed by atoms with Gasteiger partial charge in [0.2, 0.25) is 0 Å². The first-order valence-corrected chi connectivity index (χ1v) is 7.08. The lowest BCUT2D eigenvalue weighted by Gasteiger charge is -2.23. The quantitative estimate of drug-likeness (QED) is 0.777. The Morgan fingerprint density at radius 2 is 2.00 bits per heavy atom. The zero-order valence-electron chi connectivity index (χ0n) is 12.4. The number of rotatable bonds is 5. The molecule has 1 unspecified atom stereocenters. The summed E-state index contributed by atoms with van der Waals surface area (Å²) >= 11 is 5.82. The molecule has 0 saturated carbocycles. The fraction of sp³-hybridized carbons (Fsp3) is 0.467. The summed E-state index contributed by atoms with van der Waals surface area (Å²) in [4.78, 5) is 23.0. The average Bonchev–Trinajstić information content (AvgIpc) is 2.32. The maximum absolute atomic E-state index is 11.8. The molecule has 6 heteroatoms. The number of anilines is 1. The number of hydrogen-bond acceptors (Lipinski definition) is 2. The lowest BCUT2D eigenvalue weighted by Crippen LogP contribution is -2.37. The first-order chi connectivity index (χ1) is 9.67. The molecule has 0 bridgehead atoms. The average molecular weight is 313 g/mol. The van der Waals surface area contributed by atoms with Crippen molar-refractivity contribution in [2.75, 3.05) is 11.9 Å². The van der Waals surface area contributed by atoms with E-state index in [2.05, 4.69) is 10.6 Å². The van der Waals surface area contributed by atoms with E-state index in [0.717, 1.165) is 0 Å². The van der Waals surface area contributed by atoms with Crippen molar-refractivity contribution in [3.8, 4) is 0 Å². The minimum Gasteiger partial charge on any atom is -0.481 e. The van der Waals surface area contributed by atoms with Crippen LogP contribution in [0.15, 0.2) is 24.3 Å². The lowest BCUT2D eigenvalue weighted by molar-refractivity contribution is -0.142. The summed E-state index contributed by atoms with van der Waals surface area (Å²) in [6, 6.07) is 6.30. The van der Waals surface area contributed by atoms with Gasteiger partial charge in [-0.2, -0.15) is 0 Å². The summed E-state index contributed by atoms with van der Waals surface area (Å²) in [6.07, 6.45) is 0.486. The molecular formula is C15H21ClN2O3. The summed E-state index contributed by atoms with van der Waals surface area (Å²) in [6.45, 7) is 5.98. The molecule has 1 aromatic carbocycles. The predicted octanol–water partition coefficient (Wildman–Crippen LogP) is 3.60. The second-order valence-corrected chi connectivity index (χ2v) is 6.58. The number of amides is 2. The molecule has 1 aromatic rings. The smallest absolute Gasteiger partial charge is 0.319 e. The Morgan fingerprint density at radius 3 is 2.52 bits per heavy atom. The van der Waals surface area contributed by atoms with Crippen LogP contribution in [0.2, 0.25) is 5.02 Å². The van der Waals surface area contributed by atoms with Crippen LogP contribution in [0.3, 0.4) is 0 Å². The summed E-state index contributed by atoms with van der Waals surface area (Å²) in [5.41, 5.74) is 0.441. The molecule has 1 rings (SSSR count). The molecular weight excluding hydrogens is 292 g/mol. The first-order valence-electron chi connectivity index (χ1n) is 6.70. The summed E-state index contributed by atoms with van der Waals surface area (Å²) in [5.74, 6) is -1.52. The molecule has 0 fully saturated rings. The summed E-state index contributed by atoms with van der Waals surface area (Å²) in [5, 5.41) is 14.9. The van der Waals surface area contributed by atoms with Crippen LogP contribution < -0.4 is 10.6 Å². The van der Waals surface area contributed by atoms with Crippen molar-refractivity contribution >= 4 is 29.3 Å². The van der Waals surface area contributed by atoms with E-state index in [1.165, 1.54) is 0 Å². The van der Waals surface area contributed by atoms with Crippen molar-refractivity contribution in [1.82, 2.24) is 5.32 Å². The van der Waals surface area contributed by atoms with E-state index >= 15 is 0 Å². The first kappa shape index (κ1) is 17.3. The fourth-order valence-electron chi connectivity index (χ4n) is 1.94. The van der Waals surface area contributed by atoms with E-state index in [1.807, 2.05) is 20.8 Å². The van der Waals surface area contributed by atoms with E-state index in [0.29, 0.717) is 17.1 Å². The largest absolute Gasteiger partial charge is 0.481 e. The van der Waals surface area contributed by atoms with Crippen LogP contribution in [0.1, 0.15) is 27.2 Å². The van der Waals surface area contributed by atoms with Crippen LogP contribution in [0.25, 0.3) is 0 Å². The highest BCUT2D eigenvalue weighted by Crippen LogP contribution is 2.24. The summed E-state index contributed by atoms with van der Waals surface area (Å²) in [7, 11) is 0. The molecule has 3 N–H and O–H groups in total. The van der Waals surface area contributed by atoms with Crippen LogP contribution in [0.4, 0.5) is 10.5 Å². The molecule has 0 spiro atoms. The van der Waals surface area contributed by atoms with Gasteiger partial charge in [0, 0.05) is 17.3 Å². The maximum Gasteiger partial charge on any atom is 0.319 e. The van der Waals surface area contributed by atoms with Gasteiger partial charge in [0.15, 0.2) is 0 Å². The third-order valence-corrected chi connectivity index (χ3v) is 3.03. The Bertz CT molecular complexity index is 512. The van der Waals surface area contributed by atoms with Crippen LogP contribution >= 0.6 is 11.6 Å². The Balaban J connectivity index is 2.52. The lowest BCUT2D eigenvalue weighted by atomic mass is 9.84. The van der Waals surface area contributed by atoms with Gasteiger partial charge in [-0.3, -0.25) is 4.79 Å². The Morgan fingerprint density at radius 1 is 1.33 bits per heavy atom. The van der Waals surface area contributed by atoms with Crippen molar-refractivity contribution in [3.05, 3.63) is 29.3 Å². The second-order valence-electron chi connectivity index (χ2n) is 6.15. The van der Waals surface area contributed by atoms with Gasteiger partial charge in [0.25, 0.3) is 0 Å². The van der Waals surface area contributed by atoms with Gasteiger partial charge >= 0.3 is 12.0 Å². The van der Waals surface area contributed by atoms with Gasteiger partial charge < -0.3 is 15.7 Å². The molecule has 5 nitrogen and oxygen atoms in total. The SMILES string of the molecule is CC(C)(C)CC(CNC(=O)Nc1cccc(Cl)c1)C(=O)O. The van der Waals surface area contributed by atoms with Crippen LogP contribution in [-0.4, -0.2) is 23.7 Å². The fourth-order valence-corrected chi connectivity index (χ4v) is 2.13. The van der Waals surface area contributed by atoms with Crippen LogP contribution in [-0.2, 0) is 4.79 Å². The molecule has 0 saturated heterocycles. The number of nitrogens with one attached hydrogen (secondary N) is 2. The number of carboxylic acids is 1. The highest BCUT2D eigenvalue weighted by atomic mass is 35.5. The minimum atomic E-state index is -0.909. The van der Waals surface area contributed by atoms with Gasteiger partial charge in [0.1, 0.15) is 0 Å². The Labute approximate surface area is 129 Å². The Kier molecular flexibility index (Phi) is 6.03. The molecule has 0 radical (unpaired) electrons. The van der Waals surface area contributed by atoms with E-state index in [9.17, 15) is 14.7 Å². The number of halogens is 1. The number of urea groups is 1. The number of benzene rings is 1. The minimum absolute atomic E-state index is 0.0823. The molecule has 2 amide bonds. The van der Waals surface area contributed by atoms with Crippen molar-refractivity contribution < 1.29 is 14.7 Å². The number of carbonyl (C=O) groups is 2. The summed E-state index contributed by atoms with van der Waals surface area (Å²) < 4.78 is 0. The van der Waals surface area contributed by atoms with Crippen LogP contribution in [0.5, 0.6) is 0 Å². The number of aliphatic carboxylic acids is 1. The van der Waals surface area contributed by atoms with E-state index in [-0.39, 0.29) is 12.0 Å². The van der Waals surface area contributed by atoms with Gasteiger partial charge in [0.05, 0.1) is 5.92 Å². The zero-order valence-corrected chi connectivity index (χ0v) is 13.2. The number of carbonyl (C=O) groups excluding carboxylic acids is 1. The molecule has 1 atom stereocenters. The zero-order chi connectivity index (χ0) is 16.0. The monoisotopic (exact) mass is 312 g/mol. The standard InChI is InChI=1S/C15H21ClN2O3/c1-15(2,3)8-10(13(19)20)9-17-14(21)18-12-6-4-5-11(16)7-12/h4-7,10H,8-9H2,1-3H3,(H,19,20)(H2,17,18,21). The third kappa shape index (κ3) is 6.99. The van der Waals surface area contributed by atoms with Crippen molar-refractivity contribution in [2.24, 2.45) is 11.3 Å².